The van der Waals surface area contributed by atoms with Crippen molar-refractivity contribution in [1.29, 1.82) is 0 Å². The normalized spacial score (nSPS) is 21.5. The number of fused-ring (bicyclic) bond motifs is 1. The van der Waals surface area contributed by atoms with Crippen LogP contribution in [0.3, 0.4) is 0 Å². The Balaban J connectivity index is 2.42. The summed E-state index contributed by atoms with van der Waals surface area (Å²) in [5.41, 5.74) is 1.45. The molecule has 3 N–H and O–H groups in total. The average molecular weight is 166 g/mol. The number of para-hydroxylation sites is 2. The summed E-state index contributed by atoms with van der Waals surface area (Å²) in [6.45, 7) is 0.341. The molecule has 12 heavy (non-hydrogen) atoms. The minimum Gasteiger partial charge on any atom is -0.379 e. The first-order valence-corrected chi connectivity index (χ1v) is 3.78. The van der Waals surface area contributed by atoms with Crippen LogP contribution in [0.4, 0.5) is 11.4 Å². The van der Waals surface area contributed by atoms with Gasteiger partial charge in [-0.3, -0.25) is 5.21 Å². The summed E-state index contributed by atoms with van der Waals surface area (Å²) in [5, 5.41) is 22.5. The van der Waals surface area contributed by atoms with E-state index >= 15 is 0 Å². The quantitative estimate of drug-likeness (QED) is 0.529. The molecule has 1 aliphatic heterocycles. The number of rotatable bonds is 0. The maximum Gasteiger partial charge on any atom is 0.168 e. The van der Waals surface area contributed by atoms with Crippen molar-refractivity contribution >= 4 is 11.4 Å². The number of β-amino-alcohol motifs (C(OH)–C–C–N with tert-alkyl or cyclic N) is 1. The van der Waals surface area contributed by atoms with Crippen molar-refractivity contribution < 1.29 is 10.3 Å². The lowest BCUT2D eigenvalue weighted by atomic mass is 10.2. The molecule has 1 aliphatic rings. The van der Waals surface area contributed by atoms with Crippen LogP contribution < -0.4 is 10.4 Å². The summed E-state index contributed by atoms with van der Waals surface area (Å²) in [4.78, 5) is 0. The van der Waals surface area contributed by atoms with Crippen molar-refractivity contribution in [3.05, 3.63) is 24.3 Å². The molecule has 0 bridgehead atoms. The molecule has 0 saturated carbocycles. The zero-order chi connectivity index (χ0) is 8.55. The van der Waals surface area contributed by atoms with E-state index in [1.807, 2.05) is 18.2 Å². The van der Waals surface area contributed by atoms with Crippen molar-refractivity contribution in [3.63, 3.8) is 0 Å². The molecule has 64 valence electrons. The molecule has 0 aromatic heterocycles. The summed E-state index contributed by atoms with van der Waals surface area (Å²) in [7, 11) is 0. The fraction of sp³-hybridized carbons (Fsp3) is 0.250. The Morgan fingerprint density at radius 1 is 1.42 bits per heavy atom. The van der Waals surface area contributed by atoms with E-state index in [4.69, 9.17) is 0 Å². The van der Waals surface area contributed by atoms with Crippen LogP contribution in [0.1, 0.15) is 0 Å². The smallest absolute Gasteiger partial charge is 0.168 e. The molecule has 0 amide bonds. The van der Waals surface area contributed by atoms with Crippen molar-refractivity contribution in [2.75, 3.05) is 16.9 Å². The van der Waals surface area contributed by atoms with E-state index in [0.29, 0.717) is 12.2 Å². The lowest BCUT2D eigenvalue weighted by Gasteiger charge is -2.30. The minimum atomic E-state index is -0.861. The zero-order valence-electron chi connectivity index (χ0n) is 6.44. The van der Waals surface area contributed by atoms with Crippen LogP contribution >= 0.6 is 0 Å². The zero-order valence-corrected chi connectivity index (χ0v) is 6.44. The number of anilines is 2. The van der Waals surface area contributed by atoms with Crippen LogP contribution in [-0.4, -0.2) is 23.1 Å². The van der Waals surface area contributed by atoms with E-state index in [1.165, 1.54) is 0 Å². The second-order valence-corrected chi connectivity index (χ2v) is 2.72. The van der Waals surface area contributed by atoms with E-state index in [9.17, 15) is 10.3 Å². The van der Waals surface area contributed by atoms with Gasteiger partial charge in [0.15, 0.2) is 6.23 Å². The van der Waals surface area contributed by atoms with Crippen LogP contribution in [-0.2, 0) is 0 Å². The molecule has 1 heterocycles. The number of nitrogens with one attached hydrogen (secondary N) is 1. The van der Waals surface area contributed by atoms with Crippen LogP contribution in [0, 0.1) is 0 Å². The summed E-state index contributed by atoms with van der Waals surface area (Å²) < 4.78 is 0. The highest BCUT2D eigenvalue weighted by Gasteiger charge is 2.21. The number of hydrogen-bond acceptors (Lipinski definition) is 4. The second kappa shape index (κ2) is 2.66. The topological polar surface area (TPSA) is 55.7 Å². The monoisotopic (exact) mass is 166 g/mol. The molecular formula is C8H10N2O2. The molecule has 0 fully saturated rings. The second-order valence-electron chi connectivity index (χ2n) is 2.72. The molecule has 0 spiro atoms. The third-order valence-electron chi connectivity index (χ3n) is 1.91. The number of nitrogens with zero attached hydrogens (tertiary/aromatic N) is 1. The third kappa shape index (κ3) is 1.01. The fourth-order valence-corrected chi connectivity index (χ4v) is 1.27. The molecule has 4 heteroatoms. The maximum absolute atomic E-state index is 9.37. The van der Waals surface area contributed by atoms with E-state index in [0.717, 1.165) is 10.8 Å². The molecule has 0 radical (unpaired) electrons. The third-order valence-corrected chi connectivity index (χ3v) is 1.91. The predicted octanol–water partition coefficient (Wildman–Crippen LogP) is 0.626. The minimum absolute atomic E-state index is 0.341. The van der Waals surface area contributed by atoms with E-state index in [1.54, 1.807) is 6.07 Å². The molecule has 1 aromatic carbocycles. The lowest BCUT2D eigenvalue weighted by molar-refractivity contribution is 0.0722. The van der Waals surface area contributed by atoms with Gasteiger partial charge in [-0.25, -0.2) is 5.06 Å². The van der Waals surface area contributed by atoms with Gasteiger partial charge in [0.05, 0.1) is 17.9 Å². The molecule has 1 atom stereocenters. The van der Waals surface area contributed by atoms with E-state index in [-0.39, 0.29) is 0 Å². The van der Waals surface area contributed by atoms with E-state index in [2.05, 4.69) is 5.32 Å². The SMILES string of the molecule is OC1CNc2ccccc2N1O. The average Bonchev–Trinajstić information content (AvgIpc) is 2.12. The molecule has 1 unspecified atom stereocenters. The highest BCUT2D eigenvalue weighted by Crippen LogP contribution is 2.28. The van der Waals surface area contributed by atoms with Gasteiger partial charge in [-0.15, -0.1) is 0 Å². The summed E-state index contributed by atoms with van der Waals surface area (Å²) in [6, 6.07) is 7.27. The lowest BCUT2D eigenvalue weighted by Crippen LogP contribution is -2.41. The Bertz CT molecular complexity index is 290. The van der Waals surface area contributed by atoms with Gasteiger partial charge in [-0.2, -0.15) is 0 Å². The number of benzene rings is 1. The number of aliphatic hydroxyl groups is 1. The highest BCUT2D eigenvalue weighted by atomic mass is 16.5. The van der Waals surface area contributed by atoms with Gasteiger partial charge < -0.3 is 10.4 Å². The van der Waals surface area contributed by atoms with Gasteiger partial charge in [0.2, 0.25) is 0 Å². The Hall–Kier alpha value is -1.26. The molecule has 2 rings (SSSR count). The fourth-order valence-electron chi connectivity index (χ4n) is 1.27. The van der Waals surface area contributed by atoms with Crippen LogP contribution in [0.5, 0.6) is 0 Å². The standard InChI is InChI=1S/C8H10N2O2/c11-8-5-9-6-3-1-2-4-7(6)10(8)12/h1-4,8-9,11-12H,5H2. The molecule has 0 aliphatic carbocycles. The van der Waals surface area contributed by atoms with E-state index < -0.39 is 6.23 Å². The molecular weight excluding hydrogens is 156 g/mol. The summed E-state index contributed by atoms with van der Waals surface area (Å²) in [5.74, 6) is 0. The van der Waals surface area contributed by atoms with Crippen molar-refractivity contribution in [2.45, 2.75) is 6.23 Å². The Kier molecular flexibility index (Phi) is 1.64. The van der Waals surface area contributed by atoms with Gasteiger partial charge in [-0.05, 0) is 12.1 Å². The van der Waals surface area contributed by atoms with Gasteiger partial charge in [0.25, 0.3) is 0 Å². The number of aliphatic hydroxyl groups excluding tert-OH is 1. The van der Waals surface area contributed by atoms with Gasteiger partial charge in [0.1, 0.15) is 0 Å². The maximum atomic E-state index is 9.37. The van der Waals surface area contributed by atoms with Gasteiger partial charge in [-0.1, -0.05) is 12.1 Å². The number of hydrogen-bond donors (Lipinski definition) is 3. The first kappa shape index (κ1) is 7.39. The number of hydroxylamine groups is 1. The van der Waals surface area contributed by atoms with Gasteiger partial charge in [0, 0.05) is 0 Å². The predicted molar refractivity (Wildman–Crippen MR) is 45.2 cm³/mol. The summed E-state index contributed by atoms with van der Waals surface area (Å²) in [6.07, 6.45) is -0.861. The Labute approximate surface area is 70.0 Å². The van der Waals surface area contributed by atoms with Crippen molar-refractivity contribution in [1.82, 2.24) is 0 Å². The van der Waals surface area contributed by atoms with Crippen molar-refractivity contribution in [3.8, 4) is 0 Å². The van der Waals surface area contributed by atoms with Crippen LogP contribution in [0.2, 0.25) is 0 Å². The Morgan fingerprint density at radius 3 is 3.00 bits per heavy atom. The molecule has 1 aromatic rings. The molecule has 0 saturated heterocycles. The Morgan fingerprint density at radius 2 is 2.17 bits per heavy atom. The van der Waals surface area contributed by atoms with Gasteiger partial charge >= 0.3 is 0 Å². The van der Waals surface area contributed by atoms with Crippen molar-refractivity contribution in [2.24, 2.45) is 0 Å². The highest BCUT2D eigenvalue weighted by molar-refractivity contribution is 5.70. The largest absolute Gasteiger partial charge is 0.379 e. The van der Waals surface area contributed by atoms with Crippen LogP contribution in [0.15, 0.2) is 24.3 Å². The van der Waals surface area contributed by atoms with Crippen LogP contribution in [0.25, 0.3) is 0 Å². The first-order chi connectivity index (χ1) is 5.79. The molecule has 4 nitrogen and oxygen atoms in total. The summed E-state index contributed by atoms with van der Waals surface area (Å²) >= 11 is 0. The first-order valence-electron chi connectivity index (χ1n) is 3.78.